The lowest BCUT2D eigenvalue weighted by atomic mass is 9.96. The molecule has 0 spiro atoms. The van der Waals surface area contributed by atoms with Gasteiger partial charge >= 0.3 is 0 Å². The number of halogens is 2. The molecule has 458 valence electrons. The number of likely N-dealkylation sites (tertiary alicyclic amines) is 3. The van der Waals surface area contributed by atoms with E-state index < -0.39 is 5.82 Å². The number of para-hydroxylation sites is 7. The van der Waals surface area contributed by atoms with E-state index in [2.05, 4.69) is 64.9 Å². The van der Waals surface area contributed by atoms with Crippen LogP contribution in [0.25, 0.3) is 38.9 Å². The lowest BCUT2D eigenvalue weighted by Gasteiger charge is -2.40. The van der Waals surface area contributed by atoms with Crippen LogP contribution in [0, 0.1) is 5.82 Å². The van der Waals surface area contributed by atoms with Gasteiger partial charge in [-0.2, -0.15) is 20.0 Å². The fourth-order valence-electron chi connectivity index (χ4n) is 11.9. The molecule has 4 aromatic heterocycles. The van der Waals surface area contributed by atoms with Crippen LogP contribution in [0.2, 0.25) is 5.02 Å². The Morgan fingerprint density at radius 1 is 0.584 bits per heavy atom. The minimum absolute atomic E-state index is 0.00634. The van der Waals surface area contributed by atoms with E-state index in [0.717, 1.165) is 78.8 Å². The quantitative estimate of drug-likeness (QED) is 0.0976. The second-order valence-corrected chi connectivity index (χ2v) is 22.5. The van der Waals surface area contributed by atoms with Crippen molar-refractivity contribution in [1.29, 1.82) is 0 Å². The number of oxazole rings is 1. The van der Waals surface area contributed by atoms with Crippen molar-refractivity contribution < 1.29 is 32.7 Å². The predicted molar refractivity (Wildman–Crippen MR) is 341 cm³/mol. The lowest BCUT2D eigenvalue weighted by molar-refractivity contribution is 0.0604. The SMILES string of the molecule is CCOc1ccccc1C(=O)N1CCC[C@@H](Nc2cnc3ccccc3n2)[C@@H]1C.COc1c(F)cccc1C(=O)N1CCC[C@@H](Nc2nc3cc(Cl)ccc3o2)[C@@H]1C.C[C@H]1[C@H](Nc2cnc3ccccc3n2)CCCN1C(=O)c1ccccc1-n1nccn1. The van der Waals surface area contributed by atoms with Crippen LogP contribution in [0.1, 0.15) is 97.3 Å². The number of amides is 3. The molecule has 7 heterocycles. The standard InChI is InChI=1S/C23H23N7O.C23H26N4O2.C21H21ClFN3O3/c1-16-18(27-22-15-24-19-8-3-4-9-20(19)28-22)10-6-14-29(16)23(31)17-7-2-5-11-21(17)30-25-12-13-26-30;1-3-29-21-13-7-4-9-17(21)23(28)27-14-8-12-18(16(27)2)25-22-15-24-19-10-5-6-11-20(19)26-22;1-12-16(24-21-25-17-11-13(22)8-9-18(17)29-21)7-4-10-26(12)20(27)14-5-3-6-15(23)19(14)28-2/h2-5,7-9,11-13,15-16,18H,6,10,14H2,1H3,(H,27,28);4-7,9-11,13,15-16,18H,3,8,12,14H2,1-2H3,(H,25,26);3,5-6,8-9,11-12,16H,4,7,10H2,1-2H3,(H,24,25)/t2*16-,18+;12-,16+/m000/s1. The summed E-state index contributed by atoms with van der Waals surface area (Å²) >= 11 is 6.01. The molecule has 20 nitrogen and oxygen atoms in total. The average molecular weight is 1220 g/mol. The maximum absolute atomic E-state index is 14.0. The summed E-state index contributed by atoms with van der Waals surface area (Å²) in [6.45, 7) is 10.6. The Labute approximate surface area is 519 Å². The first-order valence-corrected chi connectivity index (χ1v) is 30.5. The topological polar surface area (TPSA) is 224 Å². The molecule has 0 bridgehead atoms. The summed E-state index contributed by atoms with van der Waals surface area (Å²) in [5.74, 6) is 1.26. The van der Waals surface area contributed by atoms with Gasteiger partial charge in [0, 0.05) is 54.9 Å². The molecule has 0 unspecified atom stereocenters. The van der Waals surface area contributed by atoms with Crippen LogP contribution in [-0.4, -0.2) is 142 Å². The van der Waals surface area contributed by atoms with Crippen LogP contribution in [0.4, 0.5) is 22.0 Å². The highest BCUT2D eigenvalue weighted by molar-refractivity contribution is 6.31. The zero-order chi connectivity index (χ0) is 62.0. The number of hydrogen-bond donors (Lipinski definition) is 3. The first-order valence-electron chi connectivity index (χ1n) is 30.1. The molecule has 3 amide bonds. The maximum Gasteiger partial charge on any atom is 0.295 e. The summed E-state index contributed by atoms with van der Waals surface area (Å²) in [6, 6.07) is 40.6. The minimum Gasteiger partial charge on any atom is -0.493 e. The molecule has 3 saturated heterocycles. The van der Waals surface area contributed by atoms with Crippen molar-refractivity contribution in [2.75, 3.05) is 49.3 Å². The summed E-state index contributed by atoms with van der Waals surface area (Å²) in [6.07, 6.45) is 12.2. The summed E-state index contributed by atoms with van der Waals surface area (Å²) in [7, 11) is 1.36. The Kier molecular flexibility index (Phi) is 19.1. The molecule has 89 heavy (non-hydrogen) atoms. The van der Waals surface area contributed by atoms with E-state index >= 15 is 0 Å². The van der Waals surface area contributed by atoms with Gasteiger partial charge in [0.1, 0.15) is 22.9 Å². The zero-order valence-corrected chi connectivity index (χ0v) is 50.9. The number of nitrogens with zero attached hydrogens (tertiary/aromatic N) is 11. The van der Waals surface area contributed by atoms with Gasteiger partial charge in [0.2, 0.25) is 0 Å². The molecular formula is C67H70ClFN14O6. The fourth-order valence-corrected chi connectivity index (χ4v) is 12.0. The highest BCUT2D eigenvalue weighted by atomic mass is 35.5. The molecule has 6 atom stereocenters. The van der Waals surface area contributed by atoms with E-state index in [9.17, 15) is 18.8 Å². The van der Waals surface area contributed by atoms with E-state index in [4.69, 9.17) is 25.5 Å². The Bertz CT molecular complexity index is 4100. The second kappa shape index (κ2) is 27.9. The summed E-state index contributed by atoms with van der Waals surface area (Å²) < 4.78 is 30.6. The third-order valence-electron chi connectivity index (χ3n) is 16.6. The molecule has 0 saturated carbocycles. The highest BCUT2D eigenvalue weighted by Gasteiger charge is 2.36. The van der Waals surface area contributed by atoms with Crippen LogP contribution in [0.15, 0.2) is 163 Å². The molecule has 22 heteroatoms. The van der Waals surface area contributed by atoms with Crippen molar-refractivity contribution in [3.63, 3.8) is 0 Å². The Morgan fingerprint density at radius 2 is 1.08 bits per heavy atom. The molecule has 13 rings (SSSR count). The molecule has 3 aliphatic heterocycles. The molecule has 0 aliphatic carbocycles. The molecule has 6 aromatic carbocycles. The number of nitrogens with one attached hydrogen (secondary N) is 3. The molecule has 3 fully saturated rings. The molecule has 3 aliphatic rings. The Balaban J connectivity index is 0.000000138. The van der Waals surface area contributed by atoms with Crippen LogP contribution in [0.5, 0.6) is 11.5 Å². The second-order valence-electron chi connectivity index (χ2n) is 22.1. The third kappa shape index (κ3) is 13.8. The van der Waals surface area contributed by atoms with Crippen LogP contribution < -0.4 is 25.4 Å². The van der Waals surface area contributed by atoms with Gasteiger partial charge in [-0.3, -0.25) is 24.4 Å². The number of ether oxygens (including phenoxy) is 2. The first kappa shape index (κ1) is 60.9. The van der Waals surface area contributed by atoms with E-state index in [1.165, 1.54) is 24.0 Å². The number of carbonyl (C=O) groups excluding carboxylic acids is 3. The number of carbonyl (C=O) groups is 3. The minimum atomic E-state index is -0.553. The molecule has 0 radical (unpaired) electrons. The van der Waals surface area contributed by atoms with E-state index in [0.29, 0.717) is 64.4 Å². The van der Waals surface area contributed by atoms with Crippen molar-refractivity contribution in [3.05, 3.63) is 186 Å². The van der Waals surface area contributed by atoms with Crippen molar-refractivity contribution >= 4 is 80.1 Å². The number of fused-ring (bicyclic) bond motifs is 3. The Morgan fingerprint density at radius 3 is 1.65 bits per heavy atom. The summed E-state index contributed by atoms with van der Waals surface area (Å²) in [5.41, 5.74) is 6.87. The number of hydrogen-bond acceptors (Lipinski definition) is 16. The monoisotopic (exact) mass is 1220 g/mol. The third-order valence-corrected chi connectivity index (χ3v) is 16.8. The highest BCUT2D eigenvalue weighted by Crippen LogP contribution is 2.32. The fraction of sp³-hybridized carbons (Fsp3) is 0.313. The van der Waals surface area contributed by atoms with Gasteiger partial charge in [-0.1, -0.05) is 66.2 Å². The number of aromatic nitrogens is 8. The van der Waals surface area contributed by atoms with Gasteiger partial charge < -0.3 is 44.5 Å². The van der Waals surface area contributed by atoms with Crippen molar-refractivity contribution in [2.45, 2.75) is 102 Å². The largest absolute Gasteiger partial charge is 0.493 e. The van der Waals surface area contributed by atoms with Gasteiger partial charge in [-0.25, -0.2) is 14.4 Å². The average Bonchev–Trinajstić information content (AvgIpc) is 2.53. The van der Waals surface area contributed by atoms with Crippen molar-refractivity contribution in [1.82, 2.24) is 54.6 Å². The van der Waals surface area contributed by atoms with Gasteiger partial charge in [-0.15, -0.1) is 0 Å². The summed E-state index contributed by atoms with van der Waals surface area (Å²) in [5, 5.41) is 19.3. The first-order chi connectivity index (χ1) is 43.3. The zero-order valence-electron chi connectivity index (χ0n) is 50.2. The predicted octanol–water partition coefficient (Wildman–Crippen LogP) is 12.2. The van der Waals surface area contributed by atoms with Crippen LogP contribution >= 0.6 is 11.6 Å². The number of anilines is 3. The summed E-state index contributed by atoms with van der Waals surface area (Å²) in [4.78, 5) is 69.7. The number of piperidine rings is 3. The van der Waals surface area contributed by atoms with Gasteiger partial charge in [0.15, 0.2) is 17.1 Å². The van der Waals surface area contributed by atoms with Crippen molar-refractivity contribution in [2.24, 2.45) is 0 Å². The van der Waals surface area contributed by atoms with E-state index in [1.54, 1.807) is 54.0 Å². The molecular weight excluding hydrogens is 1150 g/mol. The van der Waals surface area contributed by atoms with Gasteiger partial charge in [-0.05, 0) is 145 Å². The Hall–Kier alpha value is -9.76. The van der Waals surface area contributed by atoms with Crippen LogP contribution in [-0.2, 0) is 0 Å². The van der Waals surface area contributed by atoms with Gasteiger partial charge in [0.25, 0.3) is 23.7 Å². The van der Waals surface area contributed by atoms with Crippen LogP contribution in [0.3, 0.4) is 0 Å². The van der Waals surface area contributed by atoms with E-state index in [1.807, 2.05) is 121 Å². The maximum atomic E-state index is 14.0. The van der Waals surface area contributed by atoms with Gasteiger partial charge in [0.05, 0.1) is 89.0 Å². The number of rotatable bonds is 13. The normalized spacial score (nSPS) is 19.1. The van der Waals surface area contributed by atoms with Crippen molar-refractivity contribution in [3.8, 4) is 17.2 Å². The molecule has 10 aromatic rings. The van der Waals surface area contributed by atoms with E-state index in [-0.39, 0.29) is 65.3 Å². The number of benzene rings is 6. The smallest absolute Gasteiger partial charge is 0.295 e. The molecule has 3 N–H and O–H groups in total. The number of methoxy groups -OCH3 is 1. The lowest BCUT2D eigenvalue weighted by Crippen LogP contribution is -2.52.